The largest absolute Gasteiger partial charge is 0.351 e. The van der Waals surface area contributed by atoms with Crippen molar-refractivity contribution in [2.45, 2.75) is 34.2 Å². The Kier molecular flexibility index (Phi) is 3.93. The Morgan fingerprint density at radius 1 is 1.47 bits per heavy atom. The topological polar surface area (TPSA) is 72.9 Å². The maximum absolute atomic E-state index is 11.9. The molecule has 5 nitrogen and oxygen atoms in total. The Bertz CT molecular complexity index is 420. The molecule has 0 aromatic carbocycles. The second-order valence-corrected chi connectivity index (χ2v) is 5.04. The van der Waals surface area contributed by atoms with Gasteiger partial charge in [-0.3, -0.25) is 9.48 Å². The predicted octanol–water partition coefficient (Wildman–Crippen LogP) is 0.638. The third-order valence-corrected chi connectivity index (χ3v) is 3.21. The molecule has 17 heavy (non-hydrogen) atoms. The summed E-state index contributed by atoms with van der Waals surface area (Å²) in [5, 5.41) is 7.22. The van der Waals surface area contributed by atoms with Crippen LogP contribution in [0.1, 0.15) is 30.8 Å². The average molecular weight is 238 g/mol. The van der Waals surface area contributed by atoms with Crippen LogP contribution in [-0.2, 0) is 18.4 Å². The number of hydrogen-bond acceptors (Lipinski definition) is 3. The summed E-state index contributed by atoms with van der Waals surface area (Å²) >= 11 is 0. The molecule has 1 amide bonds. The van der Waals surface area contributed by atoms with E-state index in [9.17, 15) is 4.79 Å². The number of nitrogens with zero attached hydrogens (tertiary/aromatic N) is 2. The summed E-state index contributed by atoms with van der Waals surface area (Å²) in [4.78, 5) is 11.9. The van der Waals surface area contributed by atoms with E-state index in [0.717, 1.165) is 17.0 Å². The lowest BCUT2D eigenvalue weighted by molar-refractivity contribution is -0.129. The third-order valence-electron chi connectivity index (χ3n) is 3.21. The molecule has 5 heteroatoms. The lowest BCUT2D eigenvalue weighted by Gasteiger charge is -2.21. The van der Waals surface area contributed by atoms with Gasteiger partial charge in [0, 0.05) is 31.4 Å². The molecular formula is C12H22N4O. The van der Waals surface area contributed by atoms with Gasteiger partial charge in [-0.25, -0.2) is 0 Å². The molecule has 0 fully saturated rings. The highest BCUT2D eigenvalue weighted by atomic mass is 16.2. The van der Waals surface area contributed by atoms with Crippen LogP contribution in [0.2, 0.25) is 0 Å². The smallest absolute Gasteiger partial charge is 0.227 e. The van der Waals surface area contributed by atoms with E-state index in [0.29, 0.717) is 13.1 Å². The first-order valence-electron chi connectivity index (χ1n) is 5.77. The highest BCUT2D eigenvalue weighted by Gasteiger charge is 2.25. The van der Waals surface area contributed by atoms with Gasteiger partial charge in [0.1, 0.15) is 0 Å². The first-order valence-corrected chi connectivity index (χ1v) is 5.77. The predicted molar refractivity (Wildman–Crippen MR) is 67.4 cm³/mol. The van der Waals surface area contributed by atoms with Crippen molar-refractivity contribution < 1.29 is 4.79 Å². The Hall–Kier alpha value is -1.36. The fraction of sp³-hybridized carbons (Fsp3) is 0.667. The Labute approximate surface area is 102 Å². The molecule has 0 bridgehead atoms. The molecule has 0 aliphatic rings. The van der Waals surface area contributed by atoms with Crippen molar-refractivity contribution in [1.29, 1.82) is 0 Å². The van der Waals surface area contributed by atoms with Crippen molar-refractivity contribution in [3.05, 3.63) is 17.0 Å². The number of nitrogens with two attached hydrogens (primary N) is 1. The van der Waals surface area contributed by atoms with Crippen LogP contribution in [0.4, 0.5) is 0 Å². The van der Waals surface area contributed by atoms with Crippen LogP contribution in [0.3, 0.4) is 0 Å². The first kappa shape index (κ1) is 13.7. The number of nitrogens with one attached hydrogen (secondary N) is 1. The molecule has 0 saturated heterocycles. The summed E-state index contributed by atoms with van der Waals surface area (Å²) in [7, 11) is 1.90. The first-order chi connectivity index (χ1) is 7.79. The van der Waals surface area contributed by atoms with Gasteiger partial charge in [0.15, 0.2) is 0 Å². The van der Waals surface area contributed by atoms with Crippen molar-refractivity contribution in [3.8, 4) is 0 Å². The molecule has 1 rings (SSSR count). The zero-order valence-corrected chi connectivity index (χ0v) is 11.3. The highest BCUT2D eigenvalue weighted by molar-refractivity contribution is 5.82. The number of rotatable bonds is 4. The van der Waals surface area contributed by atoms with Crippen molar-refractivity contribution in [1.82, 2.24) is 15.1 Å². The second-order valence-electron chi connectivity index (χ2n) is 5.04. The monoisotopic (exact) mass is 238 g/mol. The lowest BCUT2D eigenvalue weighted by atomic mass is 9.92. The summed E-state index contributed by atoms with van der Waals surface area (Å²) in [5.74, 6) is -0.0253. The molecule has 0 aliphatic carbocycles. The molecular weight excluding hydrogens is 216 g/mol. The molecule has 96 valence electrons. The maximum Gasteiger partial charge on any atom is 0.227 e. The molecule has 0 radical (unpaired) electrons. The van der Waals surface area contributed by atoms with E-state index in [-0.39, 0.29) is 5.91 Å². The number of aryl methyl sites for hydroxylation is 2. The zero-order valence-electron chi connectivity index (χ0n) is 11.3. The highest BCUT2D eigenvalue weighted by Crippen LogP contribution is 2.15. The van der Waals surface area contributed by atoms with Crippen LogP contribution in [0.15, 0.2) is 0 Å². The molecule has 0 aliphatic heterocycles. The number of hydrogen-bond donors (Lipinski definition) is 2. The van der Waals surface area contributed by atoms with Crippen LogP contribution < -0.4 is 11.1 Å². The van der Waals surface area contributed by atoms with Crippen molar-refractivity contribution >= 4 is 5.91 Å². The van der Waals surface area contributed by atoms with Gasteiger partial charge in [0.2, 0.25) is 5.91 Å². The summed E-state index contributed by atoms with van der Waals surface area (Å²) in [6.45, 7) is 8.46. The molecule has 1 aromatic rings. The normalized spacial score (nSPS) is 11.6. The summed E-state index contributed by atoms with van der Waals surface area (Å²) in [6.07, 6.45) is 0. The van der Waals surface area contributed by atoms with Crippen LogP contribution in [0, 0.1) is 19.3 Å². The molecule has 1 heterocycles. The Balaban J connectivity index is 2.72. The zero-order chi connectivity index (χ0) is 13.2. The van der Waals surface area contributed by atoms with E-state index in [2.05, 4.69) is 10.4 Å². The minimum Gasteiger partial charge on any atom is -0.351 e. The van der Waals surface area contributed by atoms with E-state index in [1.54, 1.807) is 0 Å². The fourth-order valence-corrected chi connectivity index (χ4v) is 1.57. The lowest BCUT2D eigenvalue weighted by Crippen LogP contribution is -2.41. The van der Waals surface area contributed by atoms with Crippen molar-refractivity contribution in [2.75, 3.05) is 6.54 Å². The summed E-state index contributed by atoms with van der Waals surface area (Å²) < 4.78 is 1.82. The van der Waals surface area contributed by atoms with Crippen LogP contribution in [-0.4, -0.2) is 22.2 Å². The minimum atomic E-state index is -0.524. The second kappa shape index (κ2) is 4.87. The van der Waals surface area contributed by atoms with Crippen molar-refractivity contribution in [2.24, 2.45) is 18.2 Å². The van der Waals surface area contributed by atoms with Gasteiger partial charge < -0.3 is 11.1 Å². The van der Waals surface area contributed by atoms with Gasteiger partial charge in [0.25, 0.3) is 0 Å². The number of amides is 1. The third kappa shape index (κ3) is 2.85. The van der Waals surface area contributed by atoms with Gasteiger partial charge in [-0.2, -0.15) is 5.10 Å². The molecule has 3 N–H and O–H groups in total. The molecule has 1 aromatic heterocycles. The standard InChI is InChI=1S/C12H22N4O/c1-8-10(9(2)16(5)15-8)6-14-11(17)12(3,4)7-13/h6-7,13H2,1-5H3,(H,14,17). The summed E-state index contributed by atoms with van der Waals surface area (Å²) in [5.41, 5.74) is 8.15. The number of aromatic nitrogens is 2. The van der Waals surface area contributed by atoms with Gasteiger partial charge in [0.05, 0.1) is 11.1 Å². The minimum absolute atomic E-state index is 0.0253. The fourth-order valence-electron chi connectivity index (χ4n) is 1.57. The van der Waals surface area contributed by atoms with E-state index >= 15 is 0 Å². The molecule has 0 atom stereocenters. The maximum atomic E-state index is 11.9. The SMILES string of the molecule is Cc1nn(C)c(C)c1CNC(=O)C(C)(C)CN. The van der Waals surface area contributed by atoms with Crippen LogP contribution in [0.25, 0.3) is 0 Å². The molecule has 0 unspecified atom stereocenters. The van der Waals surface area contributed by atoms with E-state index < -0.39 is 5.41 Å². The number of carbonyl (C=O) groups is 1. The van der Waals surface area contributed by atoms with Gasteiger partial charge in [-0.05, 0) is 27.7 Å². The van der Waals surface area contributed by atoms with E-state index in [1.165, 1.54) is 0 Å². The van der Waals surface area contributed by atoms with E-state index in [1.807, 2.05) is 39.4 Å². The van der Waals surface area contributed by atoms with Gasteiger partial charge in [-0.1, -0.05) is 0 Å². The van der Waals surface area contributed by atoms with Gasteiger partial charge in [-0.15, -0.1) is 0 Å². The quantitative estimate of drug-likeness (QED) is 0.808. The van der Waals surface area contributed by atoms with Crippen LogP contribution in [0.5, 0.6) is 0 Å². The number of carbonyl (C=O) groups excluding carboxylic acids is 1. The van der Waals surface area contributed by atoms with Gasteiger partial charge >= 0.3 is 0 Å². The van der Waals surface area contributed by atoms with Crippen molar-refractivity contribution in [3.63, 3.8) is 0 Å². The molecule has 0 spiro atoms. The Morgan fingerprint density at radius 2 is 2.06 bits per heavy atom. The van der Waals surface area contributed by atoms with E-state index in [4.69, 9.17) is 5.73 Å². The average Bonchev–Trinajstić information content (AvgIpc) is 2.50. The Morgan fingerprint density at radius 3 is 2.47 bits per heavy atom. The van der Waals surface area contributed by atoms with Crippen LogP contribution >= 0.6 is 0 Å². The molecule has 0 saturated carbocycles. The summed E-state index contributed by atoms with van der Waals surface area (Å²) in [6, 6.07) is 0.